The van der Waals surface area contributed by atoms with E-state index >= 15 is 0 Å². The van der Waals surface area contributed by atoms with Crippen LogP contribution < -0.4 is 4.74 Å². The molecule has 0 spiro atoms. The highest BCUT2D eigenvalue weighted by atomic mass is 16.7. The molecule has 41 heavy (non-hydrogen) atoms. The van der Waals surface area contributed by atoms with Crippen LogP contribution in [0.25, 0.3) is 12.2 Å². The summed E-state index contributed by atoms with van der Waals surface area (Å²) >= 11 is 0. The molecule has 2 aromatic rings. The molecule has 2 aromatic carbocycles. The molecular formula is C35H42O6. The number of phenols is 1. The highest BCUT2D eigenvalue weighted by Gasteiger charge is 2.49. The first-order valence-corrected chi connectivity index (χ1v) is 14.5. The molecule has 4 saturated carbocycles. The van der Waals surface area contributed by atoms with Crippen molar-refractivity contribution >= 4 is 24.3 Å². The van der Waals surface area contributed by atoms with Gasteiger partial charge in [-0.1, -0.05) is 55.1 Å². The van der Waals surface area contributed by atoms with E-state index in [2.05, 4.69) is 6.58 Å². The highest BCUT2D eigenvalue weighted by molar-refractivity contribution is 5.87. The molecule has 0 saturated heterocycles. The van der Waals surface area contributed by atoms with Crippen molar-refractivity contribution in [1.29, 1.82) is 0 Å². The Morgan fingerprint density at radius 1 is 0.829 bits per heavy atom. The molecule has 4 aliphatic carbocycles. The number of esters is 1. The molecule has 6 rings (SSSR count). The topological polar surface area (TPSA) is 82.1 Å². The van der Waals surface area contributed by atoms with Crippen molar-refractivity contribution in [3.8, 4) is 11.5 Å². The molecule has 4 bridgehead atoms. The van der Waals surface area contributed by atoms with Gasteiger partial charge in [0, 0.05) is 5.57 Å². The number of allylic oxidation sites excluding steroid dienone is 2. The van der Waals surface area contributed by atoms with Crippen molar-refractivity contribution in [2.75, 3.05) is 0 Å². The van der Waals surface area contributed by atoms with Gasteiger partial charge in [0.25, 0.3) is 0 Å². The van der Waals surface area contributed by atoms with E-state index in [-0.39, 0.29) is 17.8 Å². The van der Waals surface area contributed by atoms with Crippen molar-refractivity contribution < 1.29 is 28.9 Å². The predicted molar refractivity (Wildman–Crippen MR) is 161 cm³/mol. The Morgan fingerprint density at radius 2 is 1.32 bits per heavy atom. The number of hydrogen-bond donors (Lipinski definition) is 1. The van der Waals surface area contributed by atoms with Gasteiger partial charge in [-0.15, -0.1) is 0 Å². The van der Waals surface area contributed by atoms with Crippen LogP contribution in [0.2, 0.25) is 0 Å². The zero-order valence-electron chi connectivity index (χ0n) is 24.5. The molecule has 6 nitrogen and oxygen atoms in total. The summed E-state index contributed by atoms with van der Waals surface area (Å²) in [6.45, 7) is 10.8. The Hall–Kier alpha value is -3.80. The van der Waals surface area contributed by atoms with Gasteiger partial charge in [0.05, 0.1) is 0 Å². The van der Waals surface area contributed by atoms with E-state index < -0.39 is 11.8 Å². The SMILES string of the molecule is C=C(C)C(=O)OC1C2CC3CC(C2)CC1C3.CC(C)(C)OC(=O)Oc1ccc(C=CC=Cc2ccc(O)cc2)cc1. The van der Waals surface area contributed by atoms with Crippen LogP contribution in [0, 0.1) is 23.7 Å². The lowest BCUT2D eigenvalue weighted by Gasteiger charge is -2.53. The number of benzene rings is 2. The van der Waals surface area contributed by atoms with Crippen LogP contribution in [0.1, 0.15) is 70.9 Å². The second kappa shape index (κ2) is 13.2. The number of hydrogen-bond acceptors (Lipinski definition) is 6. The summed E-state index contributed by atoms with van der Waals surface area (Å²) in [5.41, 5.74) is 1.94. The number of ether oxygens (including phenoxy) is 3. The van der Waals surface area contributed by atoms with Gasteiger partial charge in [0.1, 0.15) is 23.2 Å². The third-order valence-corrected chi connectivity index (χ3v) is 7.78. The maximum absolute atomic E-state index is 11.6. The van der Waals surface area contributed by atoms with E-state index in [4.69, 9.17) is 14.2 Å². The standard InChI is InChI=1S/C21H22O4.C14H20O2/c1-21(2,3)25-20(23)24-19-14-10-17(11-15-19)7-5-4-6-16-8-12-18(22)13-9-16;1-8(2)14(15)16-13-11-4-9-3-10(6-11)7-12(13)5-9/h4-15,22H,1-3H3;9-13H,1,3-7H2,2H3. The summed E-state index contributed by atoms with van der Waals surface area (Å²) < 4.78 is 15.9. The number of carbonyl (C=O) groups excluding carboxylic acids is 2. The second-order valence-corrected chi connectivity index (χ2v) is 12.5. The molecule has 218 valence electrons. The van der Waals surface area contributed by atoms with Gasteiger partial charge in [0.15, 0.2) is 0 Å². The third-order valence-electron chi connectivity index (χ3n) is 7.78. The van der Waals surface area contributed by atoms with Crippen molar-refractivity contribution in [3.05, 3.63) is 84.0 Å². The first-order chi connectivity index (χ1) is 19.4. The minimum absolute atomic E-state index is 0.183. The van der Waals surface area contributed by atoms with E-state index in [0.717, 1.165) is 23.0 Å². The summed E-state index contributed by atoms with van der Waals surface area (Å²) in [4.78, 5) is 23.2. The minimum Gasteiger partial charge on any atom is -0.508 e. The molecule has 6 heteroatoms. The number of rotatable bonds is 6. The van der Waals surface area contributed by atoms with Gasteiger partial charge in [-0.25, -0.2) is 9.59 Å². The smallest absolute Gasteiger partial charge is 0.508 e. The second-order valence-electron chi connectivity index (χ2n) is 12.5. The van der Waals surface area contributed by atoms with Crippen LogP contribution in [0.15, 0.2) is 72.8 Å². The van der Waals surface area contributed by atoms with Crippen molar-refractivity contribution in [3.63, 3.8) is 0 Å². The average molecular weight is 559 g/mol. The Bertz CT molecular complexity index is 1240. The van der Waals surface area contributed by atoms with Crippen LogP contribution in [0.3, 0.4) is 0 Å². The normalized spacial score (nSPS) is 24.5. The van der Waals surface area contributed by atoms with E-state index in [1.807, 2.05) is 48.6 Å². The Morgan fingerprint density at radius 3 is 1.78 bits per heavy atom. The molecule has 0 amide bonds. The molecular weight excluding hydrogens is 516 g/mol. The Kier molecular flexibility index (Phi) is 9.74. The van der Waals surface area contributed by atoms with Gasteiger partial charge in [-0.05, 0) is 119 Å². The maximum atomic E-state index is 11.6. The lowest BCUT2D eigenvalue weighted by Crippen LogP contribution is -2.50. The number of aromatic hydroxyl groups is 1. The number of phenolic OH excluding ortho intramolecular Hbond substituents is 1. The molecule has 0 atom stereocenters. The lowest BCUT2D eigenvalue weighted by atomic mass is 9.55. The van der Waals surface area contributed by atoms with Gasteiger partial charge in [-0.2, -0.15) is 0 Å². The van der Waals surface area contributed by atoms with Crippen molar-refractivity contribution in [2.45, 2.75) is 71.5 Å². The monoisotopic (exact) mass is 558 g/mol. The zero-order chi connectivity index (χ0) is 29.6. The minimum atomic E-state index is -0.715. The predicted octanol–water partition coefficient (Wildman–Crippen LogP) is 8.36. The fourth-order valence-electron chi connectivity index (χ4n) is 6.22. The van der Waals surface area contributed by atoms with E-state index in [1.54, 1.807) is 52.0 Å². The third kappa shape index (κ3) is 9.10. The average Bonchev–Trinajstić information content (AvgIpc) is 2.89. The van der Waals surface area contributed by atoms with Gasteiger partial charge in [0.2, 0.25) is 0 Å². The Labute approximate surface area is 243 Å². The van der Waals surface area contributed by atoms with Crippen molar-refractivity contribution in [2.24, 2.45) is 23.7 Å². The van der Waals surface area contributed by atoms with Gasteiger partial charge < -0.3 is 19.3 Å². The van der Waals surface area contributed by atoms with E-state index in [9.17, 15) is 14.7 Å². The summed E-state index contributed by atoms with van der Waals surface area (Å²) in [5, 5.41) is 9.23. The van der Waals surface area contributed by atoms with Crippen LogP contribution in [0.5, 0.6) is 11.5 Å². The van der Waals surface area contributed by atoms with Gasteiger partial charge in [-0.3, -0.25) is 0 Å². The first kappa shape index (κ1) is 30.2. The molecule has 0 aromatic heterocycles. The summed E-state index contributed by atoms with van der Waals surface area (Å²) in [6.07, 6.45) is 13.8. The fraction of sp³-hybridized carbons (Fsp3) is 0.429. The summed E-state index contributed by atoms with van der Waals surface area (Å²) in [6, 6.07) is 14.1. The number of carbonyl (C=O) groups is 2. The van der Waals surface area contributed by atoms with Crippen LogP contribution in [0.4, 0.5) is 4.79 Å². The van der Waals surface area contributed by atoms with Crippen LogP contribution in [-0.2, 0) is 14.3 Å². The molecule has 0 unspecified atom stereocenters. The van der Waals surface area contributed by atoms with E-state index in [1.165, 1.54) is 32.1 Å². The largest absolute Gasteiger partial charge is 0.514 e. The fourth-order valence-corrected chi connectivity index (χ4v) is 6.22. The molecule has 1 N–H and O–H groups in total. The summed E-state index contributed by atoms with van der Waals surface area (Å²) in [5.74, 6) is 3.67. The van der Waals surface area contributed by atoms with Crippen molar-refractivity contribution in [1.82, 2.24) is 0 Å². The maximum Gasteiger partial charge on any atom is 0.514 e. The van der Waals surface area contributed by atoms with Crippen LogP contribution in [-0.4, -0.2) is 28.9 Å². The first-order valence-electron chi connectivity index (χ1n) is 14.5. The molecule has 0 radical (unpaired) electrons. The Balaban J connectivity index is 0.000000206. The molecule has 0 aliphatic heterocycles. The quantitative estimate of drug-likeness (QED) is 0.166. The molecule has 4 aliphatic rings. The van der Waals surface area contributed by atoms with Crippen LogP contribution >= 0.6 is 0 Å². The summed E-state index contributed by atoms with van der Waals surface area (Å²) in [7, 11) is 0. The highest BCUT2D eigenvalue weighted by Crippen LogP contribution is 2.54. The lowest BCUT2D eigenvalue weighted by molar-refractivity contribution is -0.166. The zero-order valence-corrected chi connectivity index (χ0v) is 24.5. The van der Waals surface area contributed by atoms with Gasteiger partial charge >= 0.3 is 12.1 Å². The molecule has 0 heterocycles. The van der Waals surface area contributed by atoms with E-state index in [0.29, 0.717) is 23.2 Å². The molecule has 4 fully saturated rings.